The number of hydrogen-bond donors (Lipinski definition) is 0. The Morgan fingerprint density at radius 2 is 1.90 bits per heavy atom. The van der Waals surface area contributed by atoms with Crippen LogP contribution in [0.25, 0.3) is 0 Å². The van der Waals surface area contributed by atoms with E-state index < -0.39 is 8.32 Å². The summed E-state index contributed by atoms with van der Waals surface area (Å²) in [6.45, 7) is 16.8. The maximum atomic E-state index is 6.83. The predicted molar refractivity (Wildman–Crippen MR) is 87.5 cm³/mol. The quantitative estimate of drug-likeness (QED) is 0.537. The van der Waals surface area contributed by atoms with Crippen molar-refractivity contribution < 1.29 is 9.16 Å². The molecule has 2 nitrogen and oxygen atoms in total. The van der Waals surface area contributed by atoms with Crippen LogP contribution in [0.5, 0.6) is 0 Å². The molecule has 1 unspecified atom stereocenters. The first kappa shape index (κ1) is 16.3. The van der Waals surface area contributed by atoms with Gasteiger partial charge in [-0.1, -0.05) is 34.3 Å². The van der Waals surface area contributed by atoms with Gasteiger partial charge in [-0.2, -0.15) is 0 Å². The van der Waals surface area contributed by atoms with Crippen molar-refractivity contribution in [3.8, 4) is 0 Å². The molecule has 2 fully saturated rings. The van der Waals surface area contributed by atoms with Crippen LogP contribution in [0.2, 0.25) is 18.1 Å². The zero-order chi connectivity index (χ0) is 15.0. The lowest BCUT2D eigenvalue weighted by Crippen LogP contribution is -2.51. The van der Waals surface area contributed by atoms with Gasteiger partial charge in [0.15, 0.2) is 8.32 Å². The lowest BCUT2D eigenvalue weighted by Gasteiger charge is -2.47. The molecule has 2 aliphatic rings. The third-order valence-electron chi connectivity index (χ3n) is 5.98. The van der Waals surface area contributed by atoms with Crippen LogP contribution in [0, 0.1) is 11.8 Å². The summed E-state index contributed by atoms with van der Waals surface area (Å²) in [7, 11) is -1.60. The van der Waals surface area contributed by atoms with Crippen LogP contribution in [0.3, 0.4) is 0 Å². The number of rotatable bonds is 5. The van der Waals surface area contributed by atoms with Crippen LogP contribution in [-0.4, -0.2) is 26.6 Å². The molecule has 0 N–H and O–H groups in total. The molecule has 0 spiro atoms. The van der Waals surface area contributed by atoms with E-state index in [4.69, 9.17) is 9.16 Å². The Labute approximate surface area is 126 Å². The third kappa shape index (κ3) is 2.77. The molecule has 4 atom stereocenters. The molecule has 1 heterocycles. The van der Waals surface area contributed by atoms with Crippen molar-refractivity contribution in [2.24, 2.45) is 11.8 Å². The van der Waals surface area contributed by atoms with E-state index >= 15 is 0 Å². The van der Waals surface area contributed by atoms with Gasteiger partial charge in [0, 0.05) is 13.0 Å². The third-order valence-corrected chi connectivity index (χ3v) is 10.7. The molecule has 0 bridgehead atoms. The van der Waals surface area contributed by atoms with Gasteiger partial charge in [0.25, 0.3) is 0 Å². The highest BCUT2D eigenvalue weighted by molar-refractivity contribution is 6.73. The van der Waals surface area contributed by atoms with Crippen molar-refractivity contribution in [3.63, 3.8) is 0 Å². The average molecular weight is 297 g/mol. The summed E-state index contributed by atoms with van der Waals surface area (Å²) in [4.78, 5) is 0. The van der Waals surface area contributed by atoms with Gasteiger partial charge in [0.05, 0.1) is 11.7 Å². The van der Waals surface area contributed by atoms with E-state index in [1.54, 1.807) is 0 Å². The molecule has 116 valence electrons. The number of fused-ring (bicyclic) bond motifs is 1. The Hall–Kier alpha value is -0.123. The Bertz CT molecular complexity index is 356. The summed E-state index contributed by atoms with van der Waals surface area (Å²) in [5.74, 6) is 1.34. The second-order valence-corrected chi connectivity index (χ2v) is 11.8. The summed E-state index contributed by atoms with van der Waals surface area (Å²) in [6.07, 6.45) is 2.48. The molecular weight excluding hydrogens is 264 g/mol. The molecule has 2 rings (SSSR count). The van der Waals surface area contributed by atoms with Gasteiger partial charge in [0.2, 0.25) is 0 Å². The van der Waals surface area contributed by atoms with E-state index in [1.807, 2.05) is 0 Å². The molecule has 1 aliphatic heterocycles. The SMILES string of the molecule is C=C1C[C@@H]2C(C)CO[C@@H]2C[C@@]1(C)O[Si](CC)(CC)CC. The van der Waals surface area contributed by atoms with Crippen LogP contribution in [0.1, 0.15) is 47.5 Å². The van der Waals surface area contributed by atoms with Crippen molar-refractivity contribution in [1.29, 1.82) is 0 Å². The van der Waals surface area contributed by atoms with Gasteiger partial charge in [-0.15, -0.1) is 0 Å². The van der Waals surface area contributed by atoms with E-state index in [2.05, 4.69) is 41.2 Å². The van der Waals surface area contributed by atoms with Crippen molar-refractivity contribution in [2.45, 2.75) is 77.3 Å². The highest BCUT2D eigenvalue weighted by Gasteiger charge is 2.49. The standard InChI is InChI=1S/C17H32O2Si/c1-7-20(8-2,9-3)19-17(6)11-16-15(10-14(17)5)13(4)12-18-16/h13,15-16H,5,7-12H2,1-4,6H3/t13?,15-,16-,17-/m1/s1. The average Bonchev–Trinajstić information content (AvgIpc) is 2.78. The molecule has 0 amide bonds. The monoisotopic (exact) mass is 296 g/mol. The van der Waals surface area contributed by atoms with Gasteiger partial charge in [-0.25, -0.2) is 0 Å². The smallest absolute Gasteiger partial charge is 0.193 e. The molecule has 0 aromatic carbocycles. The van der Waals surface area contributed by atoms with Gasteiger partial charge in [-0.05, 0) is 48.9 Å². The Morgan fingerprint density at radius 1 is 1.30 bits per heavy atom. The minimum Gasteiger partial charge on any atom is -0.408 e. The Kier molecular flexibility index (Phi) is 4.82. The van der Waals surface area contributed by atoms with Gasteiger partial charge < -0.3 is 9.16 Å². The lowest BCUT2D eigenvalue weighted by molar-refractivity contribution is -0.00949. The zero-order valence-corrected chi connectivity index (χ0v) is 15.0. The molecule has 20 heavy (non-hydrogen) atoms. The largest absolute Gasteiger partial charge is 0.408 e. The second-order valence-electron chi connectivity index (χ2n) is 7.10. The van der Waals surface area contributed by atoms with E-state index in [-0.39, 0.29) is 5.60 Å². The Balaban J connectivity index is 2.16. The molecule has 1 aliphatic carbocycles. The zero-order valence-electron chi connectivity index (χ0n) is 14.0. The fourth-order valence-electron chi connectivity index (χ4n) is 4.02. The lowest BCUT2D eigenvalue weighted by atomic mass is 9.72. The van der Waals surface area contributed by atoms with Crippen molar-refractivity contribution in [1.82, 2.24) is 0 Å². The van der Waals surface area contributed by atoms with Crippen LogP contribution >= 0.6 is 0 Å². The van der Waals surface area contributed by atoms with Crippen molar-refractivity contribution in [3.05, 3.63) is 12.2 Å². The van der Waals surface area contributed by atoms with E-state index in [9.17, 15) is 0 Å². The second kappa shape index (κ2) is 5.94. The van der Waals surface area contributed by atoms with E-state index in [0.717, 1.165) is 19.4 Å². The fourth-order valence-corrected chi connectivity index (χ4v) is 7.14. The summed E-state index contributed by atoms with van der Waals surface area (Å²) >= 11 is 0. The maximum Gasteiger partial charge on any atom is 0.193 e. The summed E-state index contributed by atoms with van der Waals surface area (Å²) in [6, 6.07) is 3.61. The molecular formula is C17H32O2Si. The molecule has 1 saturated carbocycles. The maximum absolute atomic E-state index is 6.83. The van der Waals surface area contributed by atoms with Gasteiger partial charge >= 0.3 is 0 Å². The van der Waals surface area contributed by atoms with Gasteiger partial charge in [0.1, 0.15) is 0 Å². The first-order valence-corrected chi connectivity index (χ1v) is 10.9. The normalized spacial score (nSPS) is 38.0. The topological polar surface area (TPSA) is 18.5 Å². The summed E-state index contributed by atoms with van der Waals surface area (Å²) in [5, 5.41) is 0. The van der Waals surface area contributed by atoms with E-state index in [0.29, 0.717) is 17.9 Å². The molecule has 1 saturated heterocycles. The van der Waals surface area contributed by atoms with Crippen LogP contribution in [0.4, 0.5) is 0 Å². The van der Waals surface area contributed by atoms with Gasteiger partial charge in [-0.3, -0.25) is 0 Å². The van der Waals surface area contributed by atoms with Crippen molar-refractivity contribution >= 4 is 8.32 Å². The highest BCUT2D eigenvalue weighted by atomic mass is 28.4. The minimum absolute atomic E-state index is 0.153. The Morgan fingerprint density at radius 3 is 2.45 bits per heavy atom. The minimum atomic E-state index is -1.60. The molecule has 3 heteroatoms. The molecule has 0 radical (unpaired) electrons. The van der Waals surface area contributed by atoms with Crippen LogP contribution in [0.15, 0.2) is 12.2 Å². The first-order valence-electron chi connectivity index (χ1n) is 8.39. The number of hydrogen-bond acceptors (Lipinski definition) is 2. The number of ether oxygens (including phenoxy) is 1. The van der Waals surface area contributed by atoms with Crippen LogP contribution in [-0.2, 0) is 9.16 Å². The van der Waals surface area contributed by atoms with E-state index in [1.165, 1.54) is 23.7 Å². The fraction of sp³-hybridized carbons (Fsp3) is 0.882. The highest BCUT2D eigenvalue weighted by Crippen LogP contribution is 2.47. The first-order chi connectivity index (χ1) is 9.39. The summed E-state index contributed by atoms with van der Waals surface area (Å²) in [5.41, 5.74) is 1.16. The predicted octanol–water partition coefficient (Wildman–Crippen LogP) is 4.77. The van der Waals surface area contributed by atoms with Crippen molar-refractivity contribution in [2.75, 3.05) is 6.61 Å². The molecule has 0 aromatic heterocycles. The summed E-state index contributed by atoms with van der Waals surface area (Å²) < 4.78 is 12.9. The van der Waals surface area contributed by atoms with Crippen LogP contribution < -0.4 is 0 Å². The molecule has 0 aromatic rings.